The van der Waals surface area contributed by atoms with Gasteiger partial charge >= 0.3 is 0 Å². The fraction of sp³-hybridized carbons (Fsp3) is 0.130. The summed E-state index contributed by atoms with van der Waals surface area (Å²) in [6.07, 6.45) is -0.00307. The van der Waals surface area contributed by atoms with E-state index in [1.165, 1.54) is 0 Å². The van der Waals surface area contributed by atoms with Crippen molar-refractivity contribution in [2.24, 2.45) is 5.10 Å². The molecule has 0 aliphatic carbocycles. The normalized spacial score (nSPS) is 20.3. The lowest BCUT2D eigenvalue weighted by molar-refractivity contribution is -0.00455. The third kappa shape index (κ3) is 2.70. The maximum atomic E-state index is 13.2. The maximum absolute atomic E-state index is 13.2. The number of Topliss-reactive ketones (excluding diaryl/α,β-unsaturated/α-hetero) is 1. The predicted molar refractivity (Wildman–Crippen MR) is 104 cm³/mol. The molecule has 4 heteroatoms. The molecule has 5 rings (SSSR count). The molecule has 0 amide bonds. The topological polar surface area (TPSA) is 41.9 Å². The first-order valence-electron chi connectivity index (χ1n) is 9.07. The first-order valence-corrected chi connectivity index (χ1v) is 9.07. The van der Waals surface area contributed by atoms with E-state index in [1.54, 1.807) is 0 Å². The summed E-state index contributed by atoms with van der Waals surface area (Å²) in [5, 5.41) is 6.64. The largest absolute Gasteiger partial charge is 0.461 e. The lowest BCUT2D eigenvalue weighted by atomic mass is 9.96. The summed E-state index contributed by atoms with van der Waals surface area (Å²) < 4.78 is 6.12. The summed E-state index contributed by atoms with van der Waals surface area (Å²) in [5.74, 6) is 0.686. The van der Waals surface area contributed by atoms with Gasteiger partial charge in [0.1, 0.15) is 5.75 Å². The molecule has 0 N–H and O–H groups in total. The van der Waals surface area contributed by atoms with Crippen LogP contribution >= 0.6 is 0 Å². The zero-order valence-corrected chi connectivity index (χ0v) is 14.7. The molecule has 3 aromatic carbocycles. The Morgan fingerprint density at radius 3 is 2.33 bits per heavy atom. The van der Waals surface area contributed by atoms with Gasteiger partial charge in [0.05, 0.1) is 11.8 Å². The molecule has 0 radical (unpaired) electrons. The van der Waals surface area contributed by atoms with Crippen LogP contribution < -0.4 is 4.74 Å². The number of hydrogen-bond donors (Lipinski definition) is 0. The summed E-state index contributed by atoms with van der Waals surface area (Å²) in [6.45, 7) is 0. The number of carbonyl (C=O) groups is 1. The molecule has 2 heterocycles. The zero-order chi connectivity index (χ0) is 18.2. The molecule has 27 heavy (non-hydrogen) atoms. The second-order valence-electron chi connectivity index (χ2n) is 6.75. The van der Waals surface area contributed by atoms with Crippen molar-refractivity contribution in [2.45, 2.75) is 18.7 Å². The van der Waals surface area contributed by atoms with Crippen molar-refractivity contribution >= 4 is 11.5 Å². The van der Waals surface area contributed by atoms with Crippen LogP contribution in [0.2, 0.25) is 0 Å². The number of hydrogen-bond acceptors (Lipinski definition) is 4. The fourth-order valence-electron chi connectivity index (χ4n) is 3.76. The zero-order valence-electron chi connectivity index (χ0n) is 14.7. The van der Waals surface area contributed by atoms with Crippen molar-refractivity contribution in [3.8, 4) is 5.75 Å². The van der Waals surface area contributed by atoms with Crippen LogP contribution in [0.5, 0.6) is 5.75 Å². The van der Waals surface area contributed by atoms with Gasteiger partial charge < -0.3 is 4.74 Å². The number of hydrazone groups is 1. The lowest BCUT2D eigenvalue weighted by Crippen LogP contribution is -2.45. The van der Waals surface area contributed by atoms with E-state index >= 15 is 0 Å². The summed E-state index contributed by atoms with van der Waals surface area (Å²) in [5.41, 5.74) is 3.76. The smallest absolute Gasteiger partial charge is 0.251 e. The van der Waals surface area contributed by atoms with Crippen LogP contribution in [0.1, 0.15) is 33.9 Å². The van der Waals surface area contributed by atoms with Crippen LogP contribution in [0, 0.1) is 0 Å². The van der Waals surface area contributed by atoms with Gasteiger partial charge in [0.15, 0.2) is 0 Å². The van der Waals surface area contributed by atoms with Crippen molar-refractivity contribution in [2.75, 3.05) is 0 Å². The minimum Gasteiger partial charge on any atom is -0.461 e. The molecule has 0 aromatic heterocycles. The van der Waals surface area contributed by atoms with Gasteiger partial charge in [0.25, 0.3) is 6.23 Å². The molecule has 2 aliphatic heterocycles. The maximum Gasteiger partial charge on any atom is 0.251 e. The van der Waals surface area contributed by atoms with Gasteiger partial charge in [0, 0.05) is 17.5 Å². The minimum atomic E-state index is -0.756. The molecule has 0 saturated carbocycles. The van der Waals surface area contributed by atoms with E-state index in [2.05, 4.69) is 18.2 Å². The third-order valence-corrected chi connectivity index (χ3v) is 5.09. The highest BCUT2D eigenvalue weighted by atomic mass is 16.5. The molecule has 2 atom stereocenters. The standard InChI is InChI=1S/C23H18N2O2/c26-22(17-11-5-2-6-12-17)23-25-20(18-13-7-8-14-21(18)27-23)15-19(24-25)16-9-3-1-4-10-16/h1-14,20,23H,15H2/t20-,23-/m0/s1. The Morgan fingerprint density at radius 1 is 0.889 bits per heavy atom. The van der Waals surface area contributed by atoms with Gasteiger partial charge in [-0.25, -0.2) is 5.01 Å². The summed E-state index contributed by atoms with van der Waals surface area (Å²) in [7, 11) is 0. The van der Waals surface area contributed by atoms with Crippen LogP contribution in [0.4, 0.5) is 0 Å². The highest BCUT2D eigenvalue weighted by Gasteiger charge is 2.43. The van der Waals surface area contributed by atoms with Gasteiger partial charge in [-0.15, -0.1) is 0 Å². The summed E-state index contributed by atoms with van der Waals surface area (Å²) in [6, 6.07) is 27.3. The highest BCUT2D eigenvalue weighted by Crippen LogP contribution is 2.43. The van der Waals surface area contributed by atoms with Gasteiger partial charge in [-0.2, -0.15) is 5.10 Å². The molecule has 0 saturated heterocycles. The number of fused-ring (bicyclic) bond motifs is 3. The van der Waals surface area contributed by atoms with Gasteiger partial charge in [-0.1, -0.05) is 78.9 Å². The first kappa shape index (κ1) is 15.8. The molecular formula is C23H18N2O2. The van der Waals surface area contributed by atoms with Crippen molar-refractivity contribution in [1.82, 2.24) is 5.01 Å². The Morgan fingerprint density at radius 2 is 1.56 bits per heavy atom. The average molecular weight is 354 g/mol. The first-order chi connectivity index (χ1) is 13.3. The van der Waals surface area contributed by atoms with Crippen molar-refractivity contribution < 1.29 is 9.53 Å². The van der Waals surface area contributed by atoms with Crippen molar-refractivity contribution in [1.29, 1.82) is 0 Å². The summed E-state index contributed by atoms with van der Waals surface area (Å²) >= 11 is 0. The highest BCUT2D eigenvalue weighted by molar-refractivity contribution is 6.03. The van der Waals surface area contributed by atoms with Crippen LogP contribution in [-0.2, 0) is 0 Å². The second kappa shape index (κ2) is 6.40. The SMILES string of the molecule is O=C(c1ccccc1)[C@@H]1Oc2ccccc2[C@@H]2CC(c3ccccc3)=NN12. The van der Waals surface area contributed by atoms with Crippen LogP contribution in [0.15, 0.2) is 90.0 Å². The van der Waals surface area contributed by atoms with Gasteiger partial charge in [0.2, 0.25) is 5.78 Å². The number of benzene rings is 3. The number of nitrogens with zero attached hydrogens (tertiary/aromatic N) is 2. The molecule has 4 nitrogen and oxygen atoms in total. The van der Waals surface area contributed by atoms with Crippen LogP contribution in [-0.4, -0.2) is 22.7 Å². The Balaban J connectivity index is 1.57. The number of carbonyl (C=O) groups excluding carboxylic acids is 1. The Bertz CT molecular complexity index is 1010. The number of rotatable bonds is 3. The van der Waals surface area contributed by atoms with Gasteiger partial charge in [-0.3, -0.25) is 4.79 Å². The Kier molecular flexibility index (Phi) is 3.75. The average Bonchev–Trinajstić information content (AvgIpc) is 3.20. The molecule has 2 aliphatic rings. The number of ether oxygens (including phenoxy) is 1. The van der Waals surface area contributed by atoms with E-state index in [9.17, 15) is 4.79 Å². The van der Waals surface area contributed by atoms with E-state index in [0.29, 0.717) is 5.56 Å². The van der Waals surface area contributed by atoms with Crippen LogP contribution in [0.25, 0.3) is 0 Å². The lowest BCUT2D eigenvalue weighted by Gasteiger charge is -2.37. The van der Waals surface area contributed by atoms with E-state index in [-0.39, 0.29) is 11.8 Å². The monoisotopic (exact) mass is 354 g/mol. The Hall–Kier alpha value is -3.40. The van der Waals surface area contributed by atoms with E-state index in [0.717, 1.165) is 29.0 Å². The quantitative estimate of drug-likeness (QED) is 0.653. The molecule has 0 spiro atoms. The van der Waals surface area contributed by atoms with E-state index in [1.807, 2.05) is 71.7 Å². The van der Waals surface area contributed by atoms with E-state index in [4.69, 9.17) is 9.84 Å². The third-order valence-electron chi connectivity index (χ3n) is 5.09. The fourth-order valence-corrected chi connectivity index (χ4v) is 3.76. The van der Waals surface area contributed by atoms with Gasteiger partial charge in [-0.05, 0) is 11.6 Å². The van der Waals surface area contributed by atoms with Crippen LogP contribution in [0.3, 0.4) is 0 Å². The molecule has 0 fully saturated rings. The minimum absolute atomic E-state index is 0.00261. The molecule has 132 valence electrons. The molecule has 0 unspecified atom stereocenters. The molecule has 3 aromatic rings. The molecular weight excluding hydrogens is 336 g/mol. The predicted octanol–water partition coefficient (Wildman–Crippen LogP) is 4.44. The summed E-state index contributed by atoms with van der Waals surface area (Å²) in [4.78, 5) is 13.2. The van der Waals surface area contributed by atoms with Crippen molar-refractivity contribution in [3.63, 3.8) is 0 Å². The van der Waals surface area contributed by atoms with Crippen molar-refractivity contribution in [3.05, 3.63) is 102 Å². The number of ketones is 1. The second-order valence-corrected chi connectivity index (χ2v) is 6.75. The molecule has 0 bridgehead atoms. The van der Waals surface area contributed by atoms with E-state index < -0.39 is 6.23 Å². The number of para-hydroxylation sites is 1. The Labute approximate surface area is 157 Å².